The summed E-state index contributed by atoms with van der Waals surface area (Å²) in [5.74, 6) is -0.697. The van der Waals surface area contributed by atoms with Crippen LogP contribution in [-0.2, 0) is 4.74 Å². The molecule has 1 aromatic rings. The topological polar surface area (TPSA) is 61.5 Å². The molecule has 0 aliphatic heterocycles. The second-order valence-corrected chi connectivity index (χ2v) is 5.28. The molecule has 2 N–H and O–H groups in total. The van der Waals surface area contributed by atoms with Gasteiger partial charge in [0, 0.05) is 11.8 Å². The van der Waals surface area contributed by atoms with Gasteiger partial charge in [0.2, 0.25) is 0 Å². The normalized spacial score (nSPS) is 22.4. The lowest BCUT2D eigenvalue weighted by Crippen LogP contribution is -2.28. The summed E-state index contributed by atoms with van der Waals surface area (Å²) < 4.78 is 24.3. The number of esters is 1. The molecule has 0 amide bonds. The van der Waals surface area contributed by atoms with Crippen molar-refractivity contribution in [1.29, 1.82) is 0 Å². The van der Waals surface area contributed by atoms with Gasteiger partial charge in [-0.25, -0.2) is 9.18 Å². The lowest BCUT2D eigenvalue weighted by atomic mass is 9.88. The van der Waals surface area contributed by atoms with Gasteiger partial charge in [-0.3, -0.25) is 0 Å². The van der Waals surface area contributed by atoms with Gasteiger partial charge in [-0.05, 0) is 31.2 Å². The zero-order chi connectivity index (χ0) is 14.7. The van der Waals surface area contributed by atoms with E-state index in [2.05, 4.69) is 11.7 Å². The molecule has 1 fully saturated rings. The van der Waals surface area contributed by atoms with Crippen LogP contribution < -0.4 is 10.5 Å². The van der Waals surface area contributed by atoms with Crippen molar-refractivity contribution in [2.24, 2.45) is 5.92 Å². The van der Waals surface area contributed by atoms with Crippen LogP contribution in [0.2, 0.25) is 0 Å². The maximum absolute atomic E-state index is 13.9. The fourth-order valence-electron chi connectivity index (χ4n) is 2.57. The highest BCUT2D eigenvalue weighted by molar-refractivity contribution is 5.95. The van der Waals surface area contributed by atoms with Crippen LogP contribution in [-0.4, -0.2) is 19.2 Å². The molecule has 20 heavy (non-hydrogen) atoms. The van der Waals surface area contributed by atoms with Crippen LogP contribution in [0.3, 0.4) is 0 Å². The van der Waals surface area contributed by atoms with Crippen molar-refractivity contribution < 1.29 is 18.7 Å². The Kier molecular flexibility index (Phi) is 4.47. The molecule has 0 aromatic heterocycles. The van der Waals surface area contributed by atoms with Crippen molar-refractivity contribution in [2.75, 3.05) is 12.8 Å². The molecule has 2 unspecified atom stereocenters. The lowest BCUT2D eigenvalue weighted by Gasteiger charge is -2.29. The fourth-order valence-corrected chi connectivity index (χ4v) is 2.57. The van der Waals surface area contributed by atoms with Gasteiger partial charge in [0.15, 0.2) is 11.6 Å². The van der Waals surface area contributed by atoms with Crippen LogP contribution in [0.1, 0.15) is 43.0 Å². The number of carbonyl (C=O) groups is 1. The van der Waals surface area contributed by atoms with Gasteiger partial charge in [0.25, 0.3) is 0 Å². The Balaban J connectivity index is 2.24. The van der Waals surface area contributed by atoms with E-state index in [1.165, 1.54) is 19.6 Å². The second-order valence-electron chi connectivity index (χ2n) is 5.28. The summed E-state index contributed by atoms with van der Waals surface area (Å²) in [7, 11) is 1.26. The number of rotatable bonds is 3. The standard InChI is InChI=1S/C15H20FNO3/c1-9-5-3-4-6-13(9)20-14-7-10(15(18)19-2)12(17)8-11(14)16/h7-9,13H,3-6,17H2,1-2H3. The number of nitrogen functional groups attached to an aromatic ring is 1. The predicted molar refractivity (Wildman–Crippen MR) is 74.2 cm³/mol. The van der Waals surface area contributed by atoms with Crippen molar-refractivity contribution in [1.82, 2.24) is 0 Å². The zero-order valence-electron chi connectivity index (χ0n) is 11.8. The number of nitrogens with two attached hydrogens (primary N) is 1. The summed E-state index contributed by atoms with van der Waals surface area (Å²) >= 11 is 0. The number of methoxy groups -OCH3 is 1. The van der Waals surface area contributed by atoms with Crippen LogP contribution in [0.25, 0.3) is 0 Å². The molecule has 0 saturated heterocycles. The van der Waals surface area contributed by atoms with E-state index in [9.17, 15) is 9.18 Å². The quantitative estimate of drug-likeness (QED) is 0.683. The van der Waals surface area contributed by atoms with Gasteiger partial charge >= 0.3 is 5.97 Å². The van der Waals surface area contributed by atoms with Crippen LogP contribution in [0.4, 0.5) is 10.1 Å². The molecule has 0 spiro atoms. The SMILES string of the molecule is COC(=O)c1cc(OC2CCCCC2C)c(F)cc1N. The van der Waals surface area contributed by atoms with E-state index in [1.54, 1.807) is 0 Å². The predicted octanol–water partition coefficient (Wildman–Crippen LogP) is 3.15. The number of hydrogen-bond donors (Lipinski definition) is 1. The molecule has 0 bridgehead atoms. The molecule has 1 aliphatic carbocycles. The third kappa shape index (κ3) is 3.03. The van der Waals surface area contributed by atoms with Crippen molar-refractivity contribution >= 4 is 11.7 Å². The average molecular weight is 281 g/mol. The first-order valence-electron chi connectivity index (χ1n) is 6.87. The number of carbonyl (C=O) groups excluding carboxylic acids is 1. The Hall–Kier alpha value is -1.78. The largest absolute Gasteiger partial charge is 0.487 e. The van der Waals surface area contributed by atoms with Crippen molar-refractivity contribution in [3.05, 3.63) is 23.5 Å². The van der Waals surface area contributed by atoms with E-state index >= 15 is 0 Å². The number of anilines is 1. The summed E-state index contributed by atoms with van der Waals surface area (Å²) in [6.07, 6.45) is 4.21. The van der Waals surface area contributed by atoms with Crippen LogP contribution in [0.15, 0.2) is 12.1 Å². The van der Waals surface area contributed by atoms with Crippen molar-refractivity contribution in [3.8, 4) is 5.75 Å². The molecular weight excluding hydrogens is 261 g/mol. The third-order valence-electron chi connectivity index (χ3n) is 3.82. The van der Waals surface area contributed by atoms with Crippen LogP contribution in [0.5, 0.6) is 5.75 Å². The van der Waals surface area contributed by atoms with Gasteiger partial charge < -0.3 is 15.2 Å². The Morgan fingerprint density at radius 2 is 2.05 bits per heavy atom. The maximum atomic E-state index is 13.9. The molecule has 110 valence electrons. The van der Waals surface area contributed by atoms with Gasteiger partial charge in [0.05, 0.1) is 12.7 Å². The number of ether oxygens (including phenoxy) is 2. The molecule has 2 atom stereocenters. The van der Waals surface area contributed by atoms with E-state index < -0.39 is 11.8 Å². The van der Waals surface area contributed by atoms with Gasteiger partial charge in [0.1, 0.15) is 6.10 Å². The minimum atomic E-state index is -0.593. The Bertz CT molecular complexity index is 504. The maximum Gasteiger partial charge on any atom is 0.340 e. The van der Waals surface area contributed by atoms with Gasteiger partial charge in [-0.2, -0.15) is 0 Å². The smallest absolute Gasteiger partial charge is 0.340 e. The molecule has 0 radical (unpaired) electrons. The summed E-state index contributed by atoms with van der Waals surface area (Å²) in [5.41, 5.74) is 5.82. The molecular formula is C15H20FNO3. The zero-order valence-corrected chi connectivity index (χ0v) is 11.8. The number of halogens is 1. The third-order valence-corrected chi connectivity index (χ3v) is 3.82. The number of benzene rings is 1. The summed E-state index contributed by atoms with van der Waals surface area (Å²) in [5, 5.41) is 0. The molecule has 1 aliphatic rings. The molecule has 0 heterocycles. The van der Waals surface area contributed by atoms with E-state index in [0.717, 1.165) is 25.3 Å². The van der Waals surface area contributed by atoms with Crippen LogP contribution >= 0.6 is 0 Å². The Labute approximate surface area is 118 Å². The van der Waals surface area contributed by atoms with Crippen LogP contribution in [0, 0.1) is 11.7 Å². The summed E-state index contributed by atoms with van der Waals surface area (Å²) in [4.78, 5) is 11.6. The minimum Gasteiger partial charge on any atom is -0.487 e. The van der Waals surface area contributed by atoms with E-state index in [-0.39, 0.29) is 23.1 Å². The lowest BCUT2D eigenvalue weighted by molar-refractivity contribution is 0.0599. The molecule has 1 saturated carbocycles. The highest BCUT2D eigenvalue weighted by atomic mass is 19.1. The molecule has 4 nitrogen and oxygen atoms in total. The Morgan fingerprint density at radius 1 is 1.35 bits per heavy atom. The monoisotopic (exact) mass is 281 g/mol. The average Bonchev–Trinajstić information content (AvgIpc) is 2.43. The molecule has 2 rings (SSSR count). The van der Waals surface area contributed by atoms with Gasteiger partial charge in [-0.1, -0.05) is 13.3 Å². The van der Waals surface area contributed by atoms with E-state index in [1.807, 2.05) is 0 Å². The first-order valence-corrected chi connectivity index (χ1v) is 6.87. The minimum absolute atomic E-state index is 0.0210. The van der Waals surface area contributed by atoms with Crippen molar-refractivity contribution in [2.45, 2.75) is 38.7 Å². The first kappa shape index (κ1) is 14.6. The van der Waals surface area contributed by atoms with E-state index in [4.69, 9.17) is 10.5 Å². The Morgan fingerprint density at radius 3 is 2.70 bits per heavy atom. The number of hydrogen-bond acceptors (Lipinski definition) is 4. The highest BCUT2D eigenvalue weighted by Gasteiger charge is 2.25. The van der Waals surface area contributed by atoms with Gasteiger partial charge in [-0.15, -0.1) is 0 Å². The fraction of sp³-hybridized carbons (Fsp3) is 0.533. The second kappa shape index (κ2) is 6.11. The summed E-state index contributed by atoms with van der Waals surface area (Å²) in [6.45, 7) is 2.10. The summed E-state index contributed by atoms with van der Waals surface area (Å²) in [6, 6.07) is 2.44. The highest BCUT2D eigenvalue weighted by Crippen LogP contribution is 2.31. The molecule has 1 aromatic carbocycles. The van der Waals surface area contributed by atoms with E-state index in [0.29, 0.717) is 5.92 Å². The first-order chi connectivity index (χ1) is 9.52. The van der Waals surface area contributed by atoms with Crippen molar-refractivity contribution in [3.63, 3.8) is 0 Å². The molecule has 5 heteroatoms.